The Hall–Kier alpha value is -0.460. The van der Waals surface area contributed by atoms with Crippen molar-refractivity contribution in [3.63, 3.8) is 0 Å². The second-order valence-corrected chi connectivity index (χ2v) is 8.01. The number of aliphatic hydroxyl groups is 3. The highest BCUT2D eigenvalue weighted by Crippen LogP contribution is 2.19. The summed E-state index contributed by atoms with van der Waals surface area (Å²) in [6, 6.07) is 0. The standard InChI is InChI=1S/C23H44O5/c1-2-3-4-5-6-7-8-9-10-11-12-13-14-15-16-17-27-23-21(18-24)28-19-20(25)22(23)26/h3-4,20-26H,2,5-19H2,1H3/b4-3+/t20-,21+,22+,23+/m1/s1. The van der Waals surface area contributed by atoms with Gasteiger partial charge < -0.3 is 24.8 Å². The van der Waals surface area contributed by atoms with Crippen molar-refractivity contribution < 1.29 is 24.8 Å². The van der Waals surface area contributed by atoms with E-state index in [0.29, 0.717) is 6.61 Å². The van der Waals surface area contributed by atoms with Gasteiger partial charge in [-0.3, -0.25) is 0 Å². The maximum atomic E-state index is 10.00. The molecule has 1 saturated heterocycles. The molecule has 1 heterocycles. The van der Waals surface area contributed by atoms with Gasteiger partial charge in [-0.1, -0.05) is 76.9 Å². The molecule has 0 amide bonds. The predicted molar refractivity (Wildman–Crippen MR) is 113 cm³/mol. The van der Waals surface area contributed by atoms with E-state index in [4.69, 9.17) is 9.47 Å². The maximum absolute atomic E-state index is 10.00. The van der Waals surface area contributed by atoms with Gasteiger partial charge in [-0.25, -0.2) is 0 Å². The average molecular weight is 401 g/mol. The van der Waals surface area contributed by atoms with E-state index < -0.39 is 24.4 Å². The summed E-state index contributed by atoms with van der Waals surface area (Å²) in [5, 5.41) is 29.0. The van der Waals surface area contributed by atoms with Crippen LogP contribution in [0, 0.1) is 0 Å². The van der Waals surface area contributed by atoms with Crippen LogP contribution < -0.4 is 0 Å². The van der Waals surface area contributed by atoms with E-state index in [2.05, 4.69) is 19.1 Å². The fraction of sp³-hybridized carbons (Fsp3) is 0.913. The van der Waals surface area contributed by atoms with Gasteiger partial charge in [0.25, 0.3) is 0 Å². The van der Waals surface area contributed by atoms with E-state index in [1.807, 2.05) is 0 Å². The Labute approximate surface area is 172 Å². The lowest BCUT2D eigenvalue weighted by molar-refractivity contribution is -0.211. The van der Waals surface area contributed by atoms with E-state index in [9.17, 15) is 15.3 Å². The quantitative estimate of drug-likeness (QED) is 0.253. The third-order valence-electron chi connectivity index (χ3n) is 5.49. The van der Waals surface area contributed by atoms with Crippen molar-refractivity contribution >= 4 is 0 Å². The molecule has 1 rings (SSSR count). The molecule has 166 valence electrons. The topological polar surface area (TPSA) is 79.2 Å². The van der Waals surface area contributed by atoms with E-state index in [-0.39, 0.29) is 13.2 Å². The Kier molecular flexibility index (Phi) is 15.9. The molecule has 1 fully saturated rings. The smallest absolute Gasteiger partial charge is 0.114 e. The first-order valence-corrected chi connectivity index (χ1v) is 11.6. The van der Waals surface area contributed by atoms with Crippen molar-refractivity contribution in [1.29, 1.82) is 0 Å². The Morgan fingerprint density at radius 2 is 1.43 bits per heavy atom. The highest BCUT2D eigenvalue weighted by atomic mass is 16.6. The van der Waals surface area contributed by atoms with Crippen LogP contribution >= 0.6 is 0 Å². The lowest BCUT2D eigenvalue weighted by Crippen LogP contribution is -2.55. The third kappa shape index (κ3) is 11.5. The zero-order valence-corrected chi connectivity index (χ0v) is 17.9. The van der Waals surface area contributed by atoms with Crippen molar-refractivity contribution in [3.8, 4) is 0 Å². The van der Waals surface area contributed by atoms with Crippen LogP contribution in [0.5, 0.6) is 0 Å². The minimum absolute atomic E-state index is 0.0442. The molecule has 28 heavy (non-hydrogen) atoms. The molecule has 5 nitrogen and oxygen atoms in total. The summed E-state index contributed by atoms with van der Waals surface area (Å²) in [6.45, 7) is 2.55. The normalized spacial score (nSPS) is 25.6. The van der Waals surface area contributed by atoms with Crippen molar-refractivity contribution in [2.24, 2.45) is 0 Å². The maximum Gasteiger partial charge on any atom is 0.114 e. The minimum Gasteiger partial charge on any atom is -0.394 e. The molecular formula is C23H44O5. The number of ether oxygens (including phenoxy) is 2. The van der Waals surface area contributed by atoms with Gasteiger partial charge in [0, 0.05) is 6.61 Å². The van der Waals surface area contributed by atoms with Crippen LogP contribution in [0.15, 0.2) is 12.2 Å². The summed E-state index contributed by atoms with van der Waals surface area (Å²) in [6.07, 6.45) is 17.8. The highest BCUT2D eigenvalue weighted by molar-refractivity contribution is 4.87. The van der Waals surface area contributed by atoms with Crippen molar-refractivity contribution in [3.05, 3.63) is 12.2 Å². The molecule has 4 atom stereocenters. The van der Waals surface area contributed by atoms with E-state index >= 15 is 0 Å². The minimum atomic E-state index is -0.987. The van der Waals surface area contributed by atoms with Crippen LogP contribution in [0.2, 0.25) is 0 Å². The molecule has 0 unspecified atom stereocenters. The number of rotatable bonds is 17. The second-order valence-electron chi connectivity index (χ2n) is 8.01. The van der Waals surface area contributed by atoms with Crippen molar-refractivity contribution in [2.45, 2.75) is 115 Å². The average Bonchev–Trinajstić information content (AvgIpc) is 2.70. The monoisotopic (exact) mass is 400 g/mol. The number of hydrogen-bond donors (Lipinski definition) is 3. The molecule has 0 spiro atoms. The van der Waals surface area contributed by atoms with Gasteiger partial charge in [0.15, 0.2) is 0 Å². The lowest BCUT2D eigenvalue weighted by Gasteiger charge is -2.37. The van der Waals surface area contributed by atoms with E-state index in [1.54, 1.807) is 0 Å². The number of hydrogen-bond acceptors (Lipinski definition) is 5. The zero-order valence-electron chi connectivity index (χ0n) is 17.9. The first-order chi connectivity index (χ1) is 13.7. The van der Waals surface area contributed by atoms with Crippen LogP contribution in [-0.4, -0.2) is 59.6 Å². The first kappa shape index (κ1) is 25.6. The van der Waals surface area contributed by atoms with Gasteiger partial charge in [0.1, 0.15) is 24.4 Å². The number of allylic oxidation sites excluding steroid dienone is 2. The highest BCUT2D eigenvalue weighted by Gasteiger charge is 2.39. The molecule has 0 aromatic rings. The van der Waals surface area contributed by atoms with Gasteiger partial charge in [-0.05, 0) is 25.7 Å². The number of aliphatic hydroxyl groups excluding tert-OH is 3. The second kappa shape index (κ2) is 17.4. The Morgan fingerprint density at radius 3 is 2.00 bits per heavy atom. The fourth-order valence-corrected chi connectivity index (χ4v) is 3.68. The molecule has 0 aliphatic carbocycles. The van der Waals surface area contributed by atoms with Crippen molar-refractivity contribution in [1.82, 2.24) is 0 Å². The molecule has 0 aromatic heterocycles. The van der Waals surface area contributed by atoms with Crippen LogP contribution in [0.4, 0.5) is 0 Å². The largest absolute Gasteiger partial charge is 0.394 e. The fourth-order valence-electron chi connectivity index (χ4n) is 3.68. The molecule has 0 aromatic carbocycles. The molecule has 0 saturated carbocycles. The summed E-state index contributed by atoms with van der Waals surface area (Å²) >= 11 is 0. The molecule has 0 radical (unpaired) electrons. The molecule has 1 aliphatic heterocycles. The Bertz CT molecular complexity index is 372. The summed E-state index contributed by atoms with van der Waals surface area (Å²) in [4.78, 5) is 0. The molecule has 5 heteroatoms. The van der Waals surface area contributed by atoms with Crippen LogP contribution in [0.25, 0.3) is 0 Å². The van der Waals surface area contributed by atoms with Crippen LogP contribution in [-0.2, 0) is 9.47 Å². The van der Waals surface area contributed by atoms with Crippen LogP contribution in [0.3, 0.4) is 0 Å². The first-order valence-electron chi connectivity index (χ1n) is 11.6. The van der Waals surface area contributed by atoms with Crippen molar-refractivity contribution in [2.75, 3.05) is 19.8 Å². The molecule has 1 aliphatic rings. The summed E-state index contributed by atoms with van der Waals surface area (Å²) < 4.78 is 11.0. The summed E-state index contributed by atoms with van der Waals surface area (Å²) in [5.41, 5.74) is 0. The molecule has 3 N–H and O–H groups in total. The van der Waals surface area contributed by atoms with E-state index in [0.717, 1.165) is 19.3 Å². The molecular weight excluding hydrogens is 356 g/mol. The van der Waals surface area contributed by atoms with Gasteiger partial charge in [-0.2, -0.15) is 0 Å². The van der Waals surface area contributed by atoms with Gasteiger partial charge in [0.2, 0.25) is 0 Å². The Morgan fingerprint density at radius 1 is 0.857 bits per heavy atom. The Balaban J connectivity index is 1.87. The van der Waals surface area contributed by atoms with Gasteiger partial charge >= 0.3 is 0 Å². The van der Waals surface area contributed by atoms with Crippen LogP contribution in [0.1, 0.15) is 90.4 Å². The van der Waals surface area contributed by atoms with Gasteiger partial charge in [0.05, 0.1) is 13.2 Å². The van der Waals surface area contributed by atoms with Gasteiger partial charge in [-0.15, -0.1) is 0 Å². The number of unbranched alkanes of at least 4 members (excludes halogenated alkanes) is 11. The zero-order chi connectivity index (χ0) is 20.5. The summed E-state index contributed by atoms with van der Waals surface area (Å²) in [7, 11) is 0. The summed E-state index contributed by atoms with van der Waals surface area (Å²) in [5.74, 6) is 0. The van der Waals surface area contributed by atoms with E-state index in [1.165, 1.54) is 64.2 Å². The SMILES string of the molecule is CC/C=C/CCCCCCCCCCCCCO[C@@H]1[C@@H](O)[C@H](O)CO[C@H]1CO. The molecule has 0 bridgehead atoms. The lowest BCUT2D eigenvalue weighted by atomic mass is 10.0. The predicted octanol–water partition coefficient (Wildman–Crippen LogP) is 4.13. The third-order valence-corrected chi connectivity index (χ3v) is 5.49.